The molecular formula is C7H8ClN3O. The van der Waals surface area contributed by atoms with Crippen molar-refractivity contribution in [2.75, 3.05) is 0 Å². The first-order valence-electron chi connectivity index (χ1n) is 3.32. The van der Waals surface area contributed by atoms with Gasteiger partial charge in [-0.1, -0.05) is 11.6 Å². The van der Waals surface area contributed by atoms with Crippen molar-refractivity contribution >= 4 is 17.5 Å². The topological polar surface area (TPSA) is 68.0 Å². The fourth-order valence-corrected chi connectivity index (χ4v) is 0.838. The number of nitrogens with two attached hydrogens (primary N) is 1. The molecule has 0 fully saturated rings. The Morgan fingerprint density at radius 3 is 2.92 bits per heavy atom. The third kappa shape index (κ3) is 2.48. The first-order valence-corrected chi connectivity index (χ1v) is 3.70. The van der Waals surface area contributed by atoms with E-state index in [0.29, 0.717) is 10.7 Å². The highest BCUT2D eigenvalue weighted by Crippen LogP contribution is 2.06. The molecule has 0 unspecified atom stereocenters. The van der Waals surface area contributed by atoms with Gasteiger partial charge in [0, 0.05) is 11.9 Å². The van der Waals surface area contributed by atoms with Crippen LogP contribution in [0.3, 0.4) is 0 Å². The largest absolute Gasteiger partial charge is 0.294 e. The van der Waals surface area contributed by atoms with Gasteiger partial charge in [0.05, 0.1) is 11.4 Å². The molecule has 0 atom stereocenters. The third-order valence-corrected chi connectivity index (χ3v) is 1.51. The number of nitrogens with one attached hydrogen (secondary N) is 1. The fourth-order valence-electron chi connectivity index (χ4n) is 0.727. The molecule has 0 aromatic carbocycles. The van der Waals surface area contributed by atoms with Crippen LogP contribution in [0.15, 0.2) is 18.3 Å². The lowest BCUT2D eigenvalue weighted by molar-refractivity contribution is -0.120. The van der Waals surface area contributed by atoms with Gasteiger partial charge in [-0.25, -0.2) is 5.84 Å². The number of amides is 1. The summed E-state index contributed by atoms with van der Waals surface area (Å²) in [6, 6.07) is 3.35. The summed E-state index contributed by atoms with van der Waals surface area (Å²) in [5, 5.41) is 0.548. The first kappa shape index (κ1) is 8.96. The maximum absolute atomic E-state index is 10.8. The van der Waals surface area contributed by atoms with Crippen molar-refractivity contribution in [3.05, 3.63) is 29.0 Å². The van der Waals surface area contributed by atoms with Crippen LogP contribution >= 0.6 is 11.6 Å². The van der Waals surface area contributed by atoms with Gasteiger partial charge in [0.2, 0.25) is 5.91 Å². The van der Waals surface area contributed by atoms with E-state index in [1.807, 2.05) is 5.43 Å². The quantitative estimate of drug-likeness (QED) is 0.395. The van der Waals surface area contributed by atoms with E-state index in [9.17, 15) is 4.79 Å². The maximum Gasteiger partial charge on any atom is 0.239 e. The average molecular weight is 186 g/mol. The standard InChI is InChI=1S/C7H8ClN3O/c8-5-1-2-6(10-4-5)3-7(12)11-9/h1-2,4H,3,9H2,(H,11,12). The molecule has 0 bridgehead atoms. The summed E-state index contributed by atoms with van der Waals surface area (Å²) in [5.41, 5.74) is 2.66. The monoisotopic (exact) mass is 185 g/mol. The van der Waals surface area contributed by atoms with Crippen molar-refractivity contribution in [2.24, 2.45) is 5.84 Å². The van der Waals surface area contributed by atoms with Gasteiger partial charge in [0.15, 0.2) is 0 Å². The molecule has 5 heteroatoms. The number of rotatable bonds is 2. The van der Waals surface area contributed by atoms with Gasteiger partial charge in [0.25, 0.3) is 0 Å². The second-order valence-electron chi connectivity index (χ2n) is 2.21. The summed E-state index contributed by atoms with van der Waals surface area (Å²) in [5.74, 6) is 4.62. The zero-order chi connectivity index (χ0) is 8.97. The van der Waals surface area contributed by atoms with Gasteiger partial charge in [-0.05, 0) is 12.1 Å². The smallest absolute Gasteiger partial charge is 0.239 e. The van der Waals surface area contributed by atoms with E-state index in [2.05, 4.69) is 4.98 Å². The molecule has 0 aliphatic heterocycles. The Bertz CT molecular complexity index is 272. The summed E-state index contributed by atoms with van der Waals surface area (Å²) in [6.45, 7) is 0. The van der Waals surface area contributed by atoms with Gasteiger partial charge in [-0.2, -0.15) is 0 Å². The Hall–Kier alpha value is -1.13. The second kappa shape index (κ2) is 4.04. The molecule has 4 nitrogen and oxygen atoms in total. The first-order chi connectivity index (χ1) is 5.72. The third-order valence-electron chi connectivity index (χ3n) is 1.29. The molecule has 0 radical (unpaired) electrons. The molecule has 12 heavy (non-hydrogen) atoms. The molecule has 1 aromatic rings. The van der Waals surface area contributed by atoms with Crippen molar-refractivity contribution < 1.29 is 4.79 Å². The lowest BCUT2D eigenvalue weighted by Crippen LogP contribution is -2.31. The SMILES string of the molecule is NNC(=O)Cc1ccc(Cl)cn1. The zero-order valence-electron chi connectivity index (χ0n) is 6.25. The van der Waals surface area contributed by atoms with E-state index in [-0.39, 0.29) is 12.3 Å². The van der Waals surface area contributed by atoms with Crippen LogP contribution in [0.1, 0.15) is 5.69 Å². The molecule has 0 aliphatic rings. The predicted molar refractivity (Wildman–Crippen MR) is 45.3 cm³/mol. The number of nitrogens with zero attached hydrogens (tertiary/aromatic N) is 1. The highest BCUT2D eigenvalue weighted by Gasteiger charge is 2.01. The van der Waals surface area contributed by atoms with Gasteiger partial charge < -0.3 is 0 Å². The Morgan fingerprint density at radius 1 is 1.67 bits per heavy atom. The van der Waals surface area contributed by atoms with Crippen LogP contribution in [0, 0.1) is 0 Å². The average Bonchev–Trinajstić information content (AvgIpc) is 2.09. The van der Waals surface area contributed by atoms with Crippen LogP contribution in [0.25, 0.3) is 0 Å². The van der Waals surface area contributed by atoms with Crippen molar-refractivity contribution in [3.63, 3.8) is 0 Å². The molecule has 3 N–H and O–H groups in total. The molecule has 1 amide bonds. The van der Waals surface area contributed by atoms with Gasteiger partial charge in [-0.3, -0.25) is 15.2 Å². The maximum atomic E-state index is 10.8. The number of aromatic nitrogens is 1. The van der Waals surface area contributed by atoms with Crippen molar-refractivity contribution in [3.8, 4) is 0 Å². The van der Waals surface area contributed by atoms with Crippen LogP contribution in [-0.4, -0.2) is 10.9 Å². The minimum absolute atomic E-state index is 0.174. The second-order valence-corrected chi connectivity index (χ2v) is 2.65. The number of carbonyl (C=O) groups is 1. The number of hydrogen-bond acceptors (Lipinski definition) is 3. The molecule has 1 heterocycles. The summed E-state index contributed by atoms with van der Waals surface area (Å²) in [4.78, 5) is 14.7. The van der Waals surface area contributed by atoms with Crippen LogP contribution in [-0.2, 0) is 11.2 Å². The Labute approximate surface area is 74.7 Å². The highest BCUT2D eigenvalue weighted by molar-refractivity contribution is 6.30. The van der Waals surface area contributed by atoms with Gasteiger partial charge in [-0.15, -0.1) is 0 Å². The number of pyridine rings is 1. The minimum atomic E-state index is -0.273. The van der Waals surface area contributed by atoms with Crippen molar-refractivity contribution in [2.45, 2.75) is 6.42 Å². The zero-order valence-corrected chi connectivity index (χ0v) is 7.01. The lowest BCUT2D eigenvalue weighted by atomic mass is 10.3. The molecule has 1 rings (SSSR count). The number of hydrazine groups is 1. The minimum Gasteiger partial charge on any atom is -0.294 e. The number of hydrogen-bond donors (Lipinski definition) is 2. The fraction of sp³-hybridized carbons (Fsp3) is 0.143. The van der Waals surface area contributed by atoms with Crippen LogP contribution in [0.4, 0.5) is 0 Å². The Morgan fingerprint density at radius 2 is 2.42 bits per heavy atom. The van der Waals surface area contributed by atoms with Crippen LogP contribution < -0.4 is 11.3 Å². The summed E-state index contributed by atoms with van der Waals surface area (Å²) >= 11 is 5.59. The predicted octanol–water partition coefficient (Wildman–Crippen LogP) is 0.267. The van der Waals surface area contributed by atoms with Crippen molar-refractivity contribution in [1.29, 1.82) is 0 Å². The van der Waals surface area contributed by atoms with E-state index in [0.717, 1.165) is 0 Å². The van der Waals surface area contributed by atoms with E-state index in [1.54, 1.807) is 12.1 Å². The van der Waals surface area contributed by atoms with E-state index in [1.165, 1.54) is 6.20 Å². The summed E-state index contributed by atoms with van der Waals surface area (Å²) < 4.78 is 0. The molecule has 0 saturated carbocycles. The van der Waals surface area contributed by atoms with E-state index in [4.69, 9.17) is 17.4 Å². The highest BCUT2D eigenvalue weighted by atomic mass is 35.5. The number of carbonyl (C=O) groups excluding carboxylic acids is 1. The van der Waals surface area contributed by atoms with Crippen LogP contribution in [0.5, 0.6) is 0 Å². The van der Waals surface area contributed by atoms with E-state index >= 15 is 0 Å². The summed E-state index contributed by atoms with van der Waals surface area (Å²) in [7, 11) is 0. The number of halogens is 1. The van der Waals surface area contributed by atoms with E-state index < -0.39 is 0 Å². The van der Waals surface area contributed by atoms with Crippen LogP contribution in [0.2, 0.25) is 5.02 Å². The molecule has 0 aliphatic carbocycles. The molecule has 0 saturated heterocycles. The Balaban J connectivity index is 2.64. The normalized spacial score (nSPS) is 9.50. The Kier molecular flexibility index (Phi) is 3.01. The lowest BCUT2D eigenvalue weighted by Gasteiger charge is -1.98. The molecular weight excluding hydrogens is 178 g/mol. The van der Waals surface area contributed by atoms with Gasteiger partial charge in [0.1, 0.15) is 0 Å². The van der Waals surface area contributed by atoms with Crippen molar-refractivity contribution in [1.82, 2.24) is 10.4 Å². The van der Waals surface area contributed by atoms with Gasteiger partial charge >= 0.3 is 0 Å². The summed E-state index contributed by atoms with van der Waals surface area (Å²) in [6.07, 6.45) is 1.66. The molecule has 0 spiro atoms. The molecule has 64 valence electrons. The molecule has 1 aromatic heterocycles.